The van der Waals surface area contributed by atoms with Crippen molar-refractivity contribution in [3.05, 3.63) is 36.6 Å². The monoisotopic (exact) mass is 396 g/mol. The SMILES string of the molecule is CCCN(CCC)C(=O)CCCC(=O)Nc1ccc2nc(-c3ccco3)[nH]c2c1. The van der Waals surface area contributed by atoms with E-state index in [1.807, 2.05) is 35.2 Å². The van der Waals surface area contributed by atoms with E-state index in [9.17, 15) is 9.59 Å². The van der Waals surface area contributed by atoms with Gasteiger partial charge in [0.2, 0.25) is 11.8 Å². The van der Waals surface area contributed by atoms with Crippen LogP contribution in [0.4, 0.5) is 5.69 Å². The van der Waals surface area contributed by atoms with Crippen LogP contribution in [0.25, 0.3) is 22.6 Å². The minimum atomic E-state index is -0.0968. The number of imidazole rings is 1. The van der Waals surface area contributed by atoms with Crippen LogP contribution >= 0.6 is 0 Å². The summed E-state index contributed by atoms with van der Waals surface area (Å²) in [6.45, 7) is 5.70. The number of H-pyrrole nitrogens is 1. The molecule has 0 fully saturated rings. The molecular formula is C22H28N4O3. The average Bonchev–Trinajstić information content (AvgIpc) is 3.37. The van der Waals surface area contributed by atoms with Crippen molar-refractivity contribution in [2.45, 2.75) is 46.0 Å². The molecule has 2 heterocycles. The van der Waals surface area contributed by atoms with E-state index in [0.29, 0.717) is 36.5 Å². The lowest BCUT2D eigenvalue weighted by Crippen LogP contribution is -2.32. The molecular weight excluding hydrogens is 368 g/mol. The van der Waals surface area contributed by atoms with Crippen molar-refractivity contribution < 1.29 is 14.0 Å². The van der Waals surface area contributed by atoms with Gasteiger partial charge in [0.25, 0.3) is 0 Å². The number of carbonyl (C=O) groups excluding carboxylic acids is 2. The van der Waals surface area contributed by atoms with Crippen LogP contribution in [-0.4, -0.2) is 39.8 Å². The van der Waals surface area contributed by atoms with Gasteiger partial charge in [-0.15, -0.1) is 0 Å². The van der Waals surface area contributed by atoms with E-state index in [4.69, 9.17) is 4.42 Å². The first kappa shape index (κ1) is 20.6. The number of rotatable bonds is 10. The van der Waals surface area contributed by atoms with Crippen LogP contribution in [0.15, 0.2) is 41.0 Å². The smallest absolute Gasteiger partial charge is 0.224 e. The molecule has 0 unspecified atom stereocenters. The van der Waals surface area contributed by atoms with Crippen molar-refractivity contribution >= 4 is 28.5 Å². The van der Waals surface area contributed by atoms with Crippen LogP contribution < -0.4 is 5.32 Å². The maximum Gasteiger partial charge on any atom is 0.224 e. The Labute approximate surface area is 170 Å². The number of hydrogen-bond acceptors (Lipinski definition) is 4. The third-order valence-electron chi connectivity index (χ3n) is 4.65. The van der Waals surface area contributed by atoms with E-state index in [1.165, 1.54) is 0 Å². The number of carbonyl (C=O) groups is 2. The van der Waals surface area contributed by atoms with E-state index in [1.54, 1.807) is 6.26 Å². The van der Waals surface area contributed by atoms with Crippen molar-refractivity contribution in [3.63, 3.8) is 0 Å². The van der Waals surface area contributed by atoms with Gasteiger partial charge in [-0.05, 0) is 49.6 Å². The number of hydrogen-bond donors (Lipinski definition) is 2. The second kappa shape index (κ2) is 9.91. The summed E-state index contributed by atoms with van der Waals surface area (Å²) >= 11 is 0. The summed E-state index contributed by atoms with van der Waals surface area (Å²) in [6.07, 6.45) is 4.76. The summed E-state index contributed by atoms with van der Waals surface area (Å²) < 4.78 is 5.36. The standard InChI is InChI=1S/C22H28N4O3/c1-3-12-26(13-4-2)21(28)9-5-8-20(27)23-16-10-11-17-18(15-16)25-22(24-17)19-7-6-14-29-19/h6-7,10-11,14-15H,3-5,8-9,12-13H2,1-2H3,(H,23,27)(H,24,25). The predicted molar refractivity (Wildman–Crippen MR) is 113 cm³/mol. The minimum Gasteiger partial charge on any atom is -0.461 e. The molecule has 3 aromatic rings. The molecule has 0 saturated heterocycles. The van der Waals surface area contributed by atoms with Crippen molar-refractivity contribution in [3.8, 4) is 11.6 Å². The van der Waals surface area contributed by atoms with Crippen molar-refractivity contribution in [2.24, 2.45) is 0 Å². The molecule has 0 atom stereocenters. The Kier molecular flexibility index (Phi) is 7.05. The van der Waals surface area contributed by atoms with Gasteiger partial charge in [0.15, 0.2) is 11.6 Å². The molecule has 0 saturated carbocycles. The summed E-state index contributed by atoms with van der Waals surface area (Å²) in [6, 6.07) is 9.17. The van der Waals surface area contributed by atoms with E-state index in [2.05, 4.69) is 29.1 Å². The molecule has 2 amide bonds. The van der Waals surface area contributed by atoms with Gasteiger partial charge in [0.1, 0.15) is 0 Å². The molecule has 1 aromatic carbocycles. The third-order valence-corrected chi connectivity index (χ3v) is 4.65. The normalized spacial score (nSPS) is 11.0. The molecule has 154 valence electrons. The number of furan rings is 1. The zero-order chi connectivity index (χ0) is 20.6. The molecule has 2 N–H and O–H groups in total. The van der Waals surface area contributed by atoms with Gasteiger partial charge in [-0.1, -0.05) is 13.8 Å². The fraction of sp³-hybridized carbons (Fsp3) is 0.409. The van der Waals surface area contributed by atoms with Crippen LogP contribution in [0.5, 0.6) is 0 Å². The first-order valence-electron chi connectivity index (χ1n) is 10.2. The van der Waals surface area contributed by atoms with Crippen molar-refractivity contribution in [2.75, 3.05) is 18.4 Å². The number of amides is 2. The van der Waals surface area contributed by atoms with Gasteiger partial charge in [-0.3, -0.25) is 9.59 Å². The van der Waals surface area contributed by atoms with Crippen LogP contribution in [0.2, 0.25) is 0 Å². The topological polar surface area (TPSA) is 91.2 Å². The lowest BCUT2D eigenvalue weighted by atomic mass is 10.2. The van der Waals surface area contributed by atoms with Crippen molar-refractivity contribution in [1.29, 1.82) is 0 Å². The molecule has 3 rings (SSSR count). The molecule has 0 radical (unpaired) electrons. The van der Waals surface area contributed by atoms with Gasteiger partial charge in [0.05, 0.1) is 17.3 Å². The number of nitrogens with one attached hydrogen (secondary N) is 2. The van der Waals surface area contributed by atoms with E-state index < -0.39 is 0 Å². The van der Waals surface area contributed by atoms with Crippen LogP contribution in [0.3, 0.4) is 0 Å². The maximum atomic E-state index is 12.3. The second-order valence-corrected chi connectivity index (χ2v) is 7.08. The Morgan fingerprint density at radius 2 is 1.93 bits per heavy atom. The minimum absolute atomic E-state index is 0.0968. The Morgan fingerprint density at radius 3 is 2.62 bits per heavy atom. The molecule has 29 heavy (non-hydrogen) atoms. The molecule has 0 aliphatic carbocycles. The predicted octanol–water partition coefficient (Wildman–Crippen LogP) is 4.58. The van der Waals surface area contributed by atoms with Crippen LogP contribution in [-0.2, 0) is 9.59 Å². The highest BCUT2D eigenvalue weighted by Crippen LogP contribution is 2.23. The first-order chi connectivity index (χ1) is 14.1. The quantitative estimate of drug-likeness (QED) is 0.525. The van der Waals surface area contributed by atoms with Gasteiger partial charge < -0.3 is 19.6 Å². The number of nitrogens with zero attached hydrogens (tertiary/aromatic N) is 2. The Balaban J connectivity index is 1.52. The Hall–Kier alpha value is -3.09. The summed E-state index contributed by atoms with van der Waals surface area (Å²) in [7, 11) is 0. The average molecular weight is 396 g/mol. The molecule has 7 heteroatoms. The van der Waals surface area contributed by atoms with Gasteiger partial charge in [0, 0.05) is 31.6 Å². The van der Waals surface area contributed by atoms with Gasteiger partial charge >= 0.3 is 0 Å². The second-order valence-electron chi connectivity index (χ2n) is 7.08. The highest BCUT2D eigenvalue weighted by Gasteiger charge is 2.13. The number of anilines is 1. The molecule has 0 spiro atoms. The van der Waals surface area contributed by atoms with E-state index in [0.717, 1.165) is 37.0 Å². The summed E-state index contributed by atoms with van der Waals surface area (Å²) in [5.41, 5.74) is 2.31. The van der Waals surface area contributed by atoms with Crippen molar-refractivity contribution in [1.82, 2.24) is 14.9 Å². The zero-order valence-electron chi connectivity index (χ0n) is 17.0. The lowest BCUT2D eigenvalue weighted by Gasteiger charge is -2.21. The summed E-state index contributed by atoms with van der Waals surface area (Å²) in [4.78, 5) is 34.1. The fourth-order valence-corrected chi connectivity index (χ4v) is 3.30. The molecule has 2 aromatic heterocycles. The highest BCUT2D eigenvalue weighted by atomic mass is 16.3. The highest BCUT2D eigenvalue weighted by molar-refractivity contribution is 5.93. The number of benzene rings is 1. The van der Waals surface area contributed by atoms with E-state index >= 15 is 0 Å². The maximum absolute atomic E-state index is 12.3. The fourth-order valence-electron chi connectivity index (χ4n) is 3.30. The van der Waals surface area contributed by atoms with Gasteiger partial charge in [-0.25, -0.2) is 4.98 Å². The zero-order valence-corrected chi connectivity index (χ0v) is 17.0. The number of fused-ring (bicyclic) bond motifs is 1. The number of aromatic nitrogens is 2. The summed E-state index contributed by atoms with van der Waals surface area (Å²) in [5.74, 6) is 1.35. The number of aromatic amines is 1. The molecule has 0 aliphatic heterocycles. The Morgan fingerprint density at radius 1 is 1.14 bits per heavy atom. The largest absolute Gasteiger partial charge is 0.461 e. The third kappa shape index (κ3) is 5.47. The van der Waals surface area contributed by atoms with Gasteiger partial charge in [-0.2, -0.15) is 0 Å². The van der Waals surface area contributed by atoms with E-state index in [-0.39, 0.29) is 11.8 Å². The molecule has 0 aliphatic rings. The van der Waals surface area contributed by atoms with Crippen LogP contribution in [0, 0.1) is 0 Å². The van der Waals surface area contributed by atoms with Crippen LogP contribution in [0.1, 0.15) is 46.0 Å². The molecule has 0 bridgehead atoms. The Bertz CT molecular complexity index is 940. The first-order valence-corrected chi connectivity index (χ1v) is 10.2. The summed E-state index contributed by atoms with van der Waals surface area (Å²) in [5, 5.41) is 2.90. The molecule has 7 nitrogen and oxygen atoms in total. The lowest BCUT2D eigenvalue weighted by molar-refractivity contribution is -0.131.